The van der Waals surface area contributed by atoms with Crippen molar-refractivity contribution in [2.24, 2.45) is 0 Å². The molecule has 2 unspecified atom stereocenters. The first-order valence-corrected chi connectivity index (χ1v) is 14.1. The molecule has 2 aromatic heterocycles. The van der Waals surface area contributed by atoms with Gasteiger partial charge in [-0.1, -0.05) is 6.07 Å². The Bertz CT molecular complexity index is 1410. The van der Waals surface area contributed by atoms with Gasteiger partial charge in [-0.15, -0.1) is 0 Å². The second-order valence-electron chi connectivity index (χ2n) is 10.5. The van der Waals surface area contributed by atoms with E-state index in [-0.39, 0.29) is 41.8 Å². The molecule has 0 saturated carbocycles. The topological polar surface area (TPSA) is 91.4 Å². The maximum Gasteiger partial charge on any atom is 0.416 e. The minimum atomic E-state index is -4.66. The fourth-order valence-corrected chi connectivity index (χ4v) is 5.63. The maximum absolute atomic E-state index is 13.6. The zero-order valence-electron chi connectivity index (χ0n) is 23.5. The van der Waals surface area contributed by atoms with Crippen LogP contribution in [0.4, 0.5) is 23.2 Å². The van der Waals surface area contributed by atoms with Gasteiger partial charge in [-0.05, 0) is 75.2 Å². The molecule has 1 aromatic carbocycles. The molecule has 4 heterocycles. The number of rotatable bonds is 9. The molecule has 3 aromatic rings. The molecule has 3 N–H and O–H groups in total. The second-order valence-corrected chi connectivity index (χ2v) is 10.5. The van der Waals surface area contributed by atoms with Gasteiger partial charge in [0.15, 0.2) is 5.69 Å². The number of nitrogens with one attached hydrogen (secondary N) is 3. The number of ether oxygens (including phenoxy) is 1. The van der Waals surface area contributed by atoms with Crippen LogP contribution in [0.2, 0.25) is 0 Å². The number of hydrogen-bond acceptors (Lipinski definition) is 7. The molecule has 42 heavy (non-hydrogen) atoms. The van der Waals surface area contributed by atoms with Crippen molar-refractivity contribution in [1.29, 1.82) is 0 Å². The Kier molecular flexibility index (Phi) is 8.93. The molecule has 5 rings (SSSR count). The minimum absolute atomic E-state index is 0.0165. The zero-order chi connectivity index (χ0) is 29.9. The summed E-state index contributed by atoms with van der Waals surface area (Å²) in [7, 11) is 0. The normalized spacial score (nSPS) is 20.6. The third-order valence-corrected chi connectivity index (χ3v) is 7.81. The summed E-state index contributed by atoms with van der Waals surface area (Å²) in [6, 6.07) is 9.67. The number of halogens is 4. The van der Waals surface area contributed by atoms with Gasteiger partial charge < -0.3 is 25.6 Å². The first-order chi connectivity index (χ1) is 20.2. The van der Waals surface area contributed by atoms with Gasteiger partial charge >= 0.3 is 6.18 Å². The molecular formula is C30H34F4N6O2. The Balaban J connectivity index is 1.40. The van der Waals surface area contributed by atoms with Crippen molar-refractivity contribution in [3.8, 4) is 17.1 Å². The van der Waals surface area contributed by atoms with Crippen LogP contribution in [0.25, 0.3) is 11.3 Å². The van der Waals surface area contributed by atoms with Gasteiger partial charge in [0, 0.05) is 44.0 Å². The van der Waals surface area contributed by atoms with Gasteiger partial charge in [0.1, 0.15) is 5.82 Å². The van der Waals surface area contributed by atoms with E-state index in [2.05, 4.69) is 25.8 Å². The molecule has 0 bridgehead atoms. The van der Waals surface area contributed by atoms with Crippen LogP contribution in [-0.4, -0.2) is 60.2 Å². The number of pyridine rings is 2. The molecule has 0 aliphatic carbocycles. The van der Waals surface area contributed by atoms with Gasteiger partial charge in [-0.25, -0.2) is 14.4 Å². The second kappa shape index (κ2) is 12.6. The molecule has 2 fully saturated rings. The lowest BCUT2D eigenvalue weighted by Crippen LogP contribution is -2.42. The average Bonchev–Trinajstić information content (AvgIpc) is 3.61. The molecule has 8 nitrogen and oxygen atoms in total. The summed E-state index contributed by atoms with van der Waals surface area (Å²) in [5.41, 5.74) is 1.10. The Morgan fingerprint density at radius 3 is 2.76 bits per heavy atom. The molecule has 12 heteroatoms. The van der Waals surface area contributed by atoms with Crippen molar-refractivity contribution < 1.29 is 27.1 Å². The van der Waals surface area contributed by atoms with E-state index in [4.69, 9.17) is 9.72 Å². The first kappa shape index (κ1) is 29.7. The number of anilines is 1. The first-order valence-electron chi connectivity index (χ1n) is 14.1. The summed E-state index contributed by atoms with van der Waals surface area (Å²) in [6.45, 7) is 6.24. The standard InChI is InChI=1S/C30H34F4N6O2/c1-3-42-29-22(5-4-12-36-29)25-8-9-26(27(39-25)28(41)38-21-10-13-35-17-21)40-14-11-24(18(40)2)37-16-19-6-7-20(31)15-23(19)30(32,33)34/h4-9,12,15,18,21,24,35,37H,3,10-11,13-14,16-17H2,1-2H3,(H,38,41)/t18?,21-,24?/m1/s1. The summed E-state index contributed by atoms with van der Waals surface area (Å²) in [5, 5.41) is 9.56. The Hall–Kier alpha value is -3.77. The zero-order valence-corrected chi connectivity index (χ0v) is 23.5. The number of amides is 1. The van der Waals surface area contributed by atoms with Gasteiger partial charge in [0.2, 0.25) is 5.88 Å². The molecule has 1 amide bonds. The van der Waals surface area contributed by atoms with Gasteiger partial charge in [-0.2, -0.15) is 13.2 Å². The highest BCUT2D eigenvalue weighted by atomic mass is 19.4. The number of alkyl halides is 3. The highest BCUT2D eigenvalue weighted by Gasteiger charge is 2.36. The van der Waals surface area contributed by atoms with E-state index >= 15 is 0 Å². The number of nitrogens with zero attached hydrogens (tertiary/aromatic N) is 3. The van der Waals surface area contributed by atoms with E-state index in [1.54, 1.807) is 12.3 Å². The van der Waals surface area contributed by atoms with Crippen molar-refractivity contribution in [3.05, 3.63) is 71.3 Å². The Labute approximate surface area is 241 Å². The lowest BCUT2D eigenvalue weighted by atomic mass is 10.0. The van der Waals surface area contributed by atoms with Crippen molar-refractivity contribution >= 4 is 11.6 Å². The quantitative estimate of drug-likeness (QED) is 0.317. The highest BCUT2D eigenvalue weighted by molar-refractivity contribution is 5.99. The Morgan fingerprint density at radius 2 is 2.02 bits per heavy atom. The largest absolute Gasteiger partial charge is 0.477 e. The fraction of sp³-hybridized carbons (Fsp3) is 0.433. The molecule has 2 saturated heterocycles. The smallest absolute Gasteiger partial charge is 0.416 e. The number of hydrogen-bond donors (Lipinski definition) is 3. The molecule has 2 aliphatic rings. The van der Waals surface area contributed by atoms with Crippen LogP contribution >= 0.6 is 0 Å². The summed E-state index contributed by atoms with van der Waals surface area (Å²) in [6.07, 6.45) is -1.58. The number of benzene rings is 1. The number of carbonyl (C=O) groups excluding carboxylic acids is 1. The maximum atomic E-state index is 13.6. The van der Waals surface area contributed by atoms with Crippen molar-refractivity contribution in [1.82, 2.24) is 25.9 Å². The predicted octanol–water partition coefficient (Wildman–Crippen LogP) is 4.55. The van der Waals surface area contributed by atoms with E-state index in [1.165, 1.54) is 6.07 Å². The fourth-order valence-electron chi connectivity index (χ4n) is 5.63. The van der Waals surface area contributed by atoms with Crippen LogP contribution in [0.15, 0.2) is 48.7 Å². The monoisotopic (exact) mass is 586 g/mol. The van der Waals surface area contributed by atoms with Crippen molar-refractivity contribution in [3.63, 3.8) is 0 Å². The van der Waals surface area contributed by atoms with E-state index in [0.29, 0.717) is 55.0 Å². The van der Waals surface area contributed by atoms with Gasteiger partial charge in [0.05, 0.1) is 29.1 Å². The van der Waals surface area contributed by atoms with Crippen LogP contribution in [0, 0.1) is 5.82 Å². The summed E-state index contributed by atoms with van der Waals surface area (Å²) < 4.78 is 59.8. The summed E-state index contributed by atoms with van der Waals surface area (Å²) in [4.78, 5) is 24.8. The average molecular weight is 587 g/mol. The number of aromatic nitrogens is 2. The summed E-state index contributed by atoms with van der Waals surface area (Å²) in [5.74, 6) is -0.808. The van der Waals surface area contributed by atoms with Crippen LogP contribution in [-0.2, 0) is 12.7 Å². The third-order valence-electron chi connectivity index (χ3n) is 7.81. The molecular weight excluding hydrogens is 552 g/mol. The number of carbonyl (C=O) groups is 1. The van der Waals surface area contributed by atoms with E-state index < -0.39 is 17.6 Å². The Morgan fingerprint density at radius 1 is 1.19 bits per heavy atom. The lowest BCUT2D eigenvalue weighted by Gasteiger charge is -2.29. The summed E-state index contributed by atoms with van der Waals surface area (Å²) >= 11 is 0. The minimum Gasteiger partial charge on any atom is -0.477 e. The van der Waals surface area contributed by atoms with E-state index in [0.717, 1.165) is 19.0 Å². The molecule has 0 spiro atoms. The lowest BCUT2D eigenvalue weighted by molar-refractivity contribution is -0.138. The molecule has 3 atom stereocenters. The van der Waals surface area contributed by atoms with Crippen LogP contribution in [0.1, 0.15) is 48.3 Å². The van der Waals surface area contributed by atoms with Crippen molar-refractivity contribution in [2.75, 3.05) is 31.1 Å². The van der Waals surface area contributed by atoms with Crippen LogP contribution in [0.5, 0.6) is 5.88 Å². The third kappa shape index (κ3) is 6.49. The highest BCUT2D eigenvalue weighted by Crippen LogP contribution is 2.35. The molecule has 224 valence electrons. The van der Waals surface area contributed by atoms with E-state index in [1.807, 2.05) is 32.0 Å². The van der Waals surface area contributed by atoms with Crippen LogP contribution in [0.3, 0.4) is 0 Å². The van der Waals surface area contributed by atoms with Crippen LogP contribution < -0.4 is 25.6 Å². The van der Waals surface area contributed by atoms with Gasteiger partial charge in [0.25, 0.3) is 5.91 Å². The molecule has 0 radical (unpaired) electrons. The SMILES string of the molecule is CCOc1ncccc1-c1ccc(N2CCC(NCc3ccc(F)cc3C(F)(F)F)C2C)c(C(=O)N[C@@H]2CCNC2)n1. The predicted molar refractivity (Wildman–Crippen MR) is 151 cm³/mol. The van der Waals surface area contributed by atoms with Crippen molar-refractivity contribution in [2.45, 2.75) is 57.5 Å². The molecule has 2 aliphatic heterocycles. The van der Waals surface area contributed by atoms with E-state index in [9.17, 15) is 22.4 Å². The van der Waals surface area contributed by atoms with Gasteiger partial charge in [-0.3, -0.25) is 4.79 Å².